The molecule has 1 fully saturated rings. The summed E-state index contributed by atoms with van der Waals surface area (Å²) >= 11 is 0. The van der Waals surface area contributed by atoms with Gasteiger partial charge >= 0.3 is 0 Å². The van der Waals surface area contributed by atoms with E-state index in [9.17, 15) is 9.90 Å². The van der Waals surface area contributed by atoms with Gasteiger partial charge in [0.2, 0.25) is 5.91 Å². The zero-order valence-corrected chi connectivity index (χ0v) is 14.8. The molecule has 1 amide bonds. The summed E-state index contributed by atoms with van der Waals surface area (Å²) in [6.07, 6.45) is -0.0979. The number of aromatic nitrogens is 2. The summed E-state index contributed by atoms with van der Waals surface area (Å²) in [6, 6.07) is 8.02. The van der Waals surface area contributed by atoms with Crippen LogP contribution in [-0.4, -0.2) is 51.9 Å². The second kappa shape index (κ2) is 6.18. The summed E-state index contributed by atoms with van der Waals surface area (Å²) in [5.74, 6) is -0.0552. The molecule has 0 aliphatic carbocycles. The Morgan fingerprint density at radius 1 is 1.33 bits per heavy atom. The third-order valence-corrected chi connectivity index (χ3v) is 4.84. The number of β-amino-alcohol motifs (C(OH)–C–C–N with tert-alkyl or cyclic N) is 1. The van der Waals surface area contributed by atoms with E-state index in [1.54, 1.807) is 0 Å². The summed E-state index contributed by atoms with van der Waals surface area (Å²) in [5.41, 5.74) is 1.33. The quantitative estimate of drug-likeness (QED) is 0.885. The molecule has 0 unspecified atom stereocenters. The standard InChI is InChI=1S/C18H26N4O2/c1-18(2,17-13-7-5-6-8-14(13)22(4)20-17)19-16(24)9-12-10-21(3)11-15(12)23/h5-8,12,15,23H,9-11H2,1-4H3,(H,19,24)/t12-,15-/m1/s1. The lowest BCUT2D eigenvalue weighted by atomic mass is 9.95. The number of aliphatic hydroxyl groups excluding tert-OH is 1. The molecule has 0 bridgehead atoms. The molecule has 0 spiro atoms. The molecule has 24 heavy (non-hydrogen) atoms. The number of para-hydroxylation sites is 1. The first-order chi connectivity index (χ1) is 11.3. The van der Waals surface area contributed by atoms with Gasteiger partial charge in [0, 0.05) is 37.9 Å². The van der Waals surface area contributed by atoms with E-state index in [-0.39, 0.29) is 11.8 Å². The second-order valence-electron chi connectivity index (χ2n) is 7.42. The predicted molar refractivity (Wildman–Crippen MR) is 93.5 cm³/mol. The van der Waals surface area contributed by atoms with Crippen LogP contribution in [0.5, 0.6) is 0 Å². The van der Waals surface area contributed by atoms with Crippen LogP contribution < -0.4 is 5.32 Å². The number of carbonyl (C=O) groups excluding carboxylic acids is 1. The SMILES string of the molecule is CN1C[C@@H](CC(=O)NC(C)(C)c2nn(C)c3ccccc23)[C@H](O)C1. The third kappa shape index (κ3) is 3.16. The Labute approximate surface area is 142 Å². The Morgan fingerprint density at radius 3 is 2.71 bits per heavy atom. The number of nitrogens with one attached hydrogen (secondary N) is 1. The van der Waals surface area contributed by atoms with Crippen molar-refractivity contribution in [3.63, 3.8) is 0 Å². The topological polar surface area (TPSA) is 70.4 Å². The number of amides is 1. The minimum atomic E-state index is -0.576. The number of likely N-dealkylation sites (tertiary alicyclic amines) is 1. The van der Waals surface area contributed by atoms with Crippen LogP contribution in [0.2, 0.25) is 0 Å². The third-order valence-electron chi connectivity index (χ3n) is 4.84. The van der Waals surface area contributed by atoms with Crippen LogP contribution in [0.1, 0.15) is 26.0 Å². The molecule has 2 N–H and O–H groups in total. The van der Waals surface area contributed by atoms with Crippen molar-refractivity contribution < 1.29 is 9.90 Å². The molecule has 1 aromatic heterocycles. The van der Waals surface area contributed by atoms with Gasteiger partial charge in [-0.25, -0.2) is 0 Å². The van der Waals surface area contributed by atoms with Gasteiger partial charge in [0.1, 0.15) is 0 Å². The number of hydrogen-bond acceptors (Lipinski definition) is 4. The van der Waals surface area contributed by atoms with Crippen molar-refractivity contribution in [1.29, 1.82) is 0 Å². The Kier molecular flexibility index (Phi) is 4.36. The van der Waals surface area contributed by atoms with Gasteiger partial charge in [-0.05, 0) is 27.0 Å². The van der Waals surface area contributed by atoms with Crippen LogP contribution in [0.15, 0.2) is 24.3 Å². The number of aryl methyl sites for hydroxylation is 1. The summed E-state index contributed by atoms with van der Waals surface area (Å²) in [7, 11) is 3.87. The molecule has 6 heteroatoms. The highest BCUT2D eigenvalue weighted by atomic mass is 16.3. The number of fused-ring (bicyclic) bond motifs is 1. The zero-order chi connectivity index (χ0) is 17.5. The maximum atomic E-state index is 12.5. The largest absolute Gasteiger partial charge is 0.391 e. The lowest BCUT2D eigenvalue weighted by Gasteiger charge is -2.26. The second-order valence-corrected chi connectivity index (χ2v) is 7.42. The fourth-order valence-corrected chi connectivity index (χ4v) is 3.64. The van der Waals surface area contributed by atoms with Crippen LogP contribution in [-0.2, 0) is 17.4 Å². The Bertz CT molecular complexity index is 753. The molecule has 1 aliphatic heterocycles. The number of likely N-dealkylation sites (N-methyl/N-ethyl adjacent to an activating group) is 1. The van der Waals surface area contributed by atoms with Gasteiger partial charge < -0.3 is 15.3 Å². The number of benzene rings is 1. The molecule has 1 saturated heterocycles. The first-order valence-electron chi connectivity index (χ1n) is 8.38. The number of carbonyl (C=O) groups is 1. The maximum absolute atomic E-state index is 12.5. The molecule has 2 heterocycles. The summed E-state index contributed by atoms with van der Waals surface area (Å²) < 4.78 is 1.84. The minimum Gasteiger partial charge on any atom is -0.391 e. The number of aliphatic hydroxyl groups is 1. The average molecular weight is 330 g/mol. The van der Waals surface area contributed by atoms with Crippen molar-refractivity contribution in [3.05, 3.63) is 30.0 Å². The van der Waals surface area contributed by atoms with Crippen LogP contribution in [0.3, 0.4) is 0 Å². The van der Waals surface area contributed by atoms with Gasteiger partial charge in [0.25, 0.3) is 0 Å². The first-order valence-corrected chi connectivity index (χ1v) is 8.38. The lowest BCUT2D eigenvalue weighted by molar-refractivity contribution is -0.124. The summed E-state index contributed by atoms with van der Waals surface area (Å²) in [6.45, 7) is 5.32. The highest BCUT2D eigenvalue weighted by molar-refractivity contribution is 5.84. The smallest absolute Gasteiger partial charge is 0.221 e. The molecule has 0 radical (unpaired) electrons. The van der Waals surface area contributed by atoms with E-state index in [1.165, 1.54) is 0 Å². The van der Waals surface area contributed by atoms with Crippen molar-refractivity contribution in [2.75, 3.05) is 20.1 Å². The molecule has 2 atom stereocenters. The molecule has 3 rings (SSSR count). The van der Waals surface area contributed by atoms with Crippen LogP contribution in [0.4, 0.5) is 0 Å². The predicted octanol–water partition coefficient (Wildman–Crippen LogP) is 1.24. The fraction of sp³-hybridized carbons (Fsp3) is 0.556. The average Bonchev–Trinajstić information content (AvgIpc) is 2.99. The molecule has 1 aromatic carbocycles. The maximum Gasteiger partial charge on any atom is 0.221 e. The van der Waals surface area contributed by atoms with E-state index in [2.05, 4.69) is 15.3 Å². The molecule has 2 aromatic rings. The van der Waals surface area contributed by atoms with E-state index < -0.39 is 11.6 Å². The van der Waals surface area contributed by atoms with Gasteiger partial charge in [0.05, 0.1) is 22.9 Å². The Morgan fingerprint density at radius 2 is 2.04 bits per heavy atom. The van der Waals surface area contributed by atoms with Crippen LogP contribution in [0.25, 0.3) is 10.9 Å². The first kappa shape index (κ1) is 16.9. The van der Waals surface area contributed by atoms with Gasteiger partial charge in [-0.1, -0.05) is 18.2 Å². The van der Waals surface area contributed by atoms with Gasteiger partial charge in [0.15, 0.2) is 0 Å². The van der Waals surface area contributed by atoms with E-state index in [1.807, 2.05) is 56.9 Å². The van der Waals surface area contributed by atoms with Gasteiger partial charge in [-0.15, -0.1) is 0 Å². The van der Waals surface area contributed by atoms with E-state index >= 15 is 0 Å². The molecule has 130 valence electrons. The number of rotatable bonds is 4. The van der Waals surface area contributed by atoms with Gasteiger partial charge in [-0.3, -0.25) is 9.48 Å². The Hall–Kier alpha value is -1.92. The summed E-state index contributed by atoms with van der Waals surface area (Å²) in [5, 5.41) is 18.8. The van der Waals surface area contributed by atoms with Crippen molar-refractivity contribution in [3.8, 4) is 0 Å². The molecule has 6 nitrogen and oxygen atoms in total. The number of nitrogens with zero attached hydrogens (tertiary/aromatic N) is 3. The van der Waals surface area contributed by atoms with E-state index in [4.69, 9.17) is 0 Å². The molecular formula is C18H26N4O2. The fourth-order valence-electron chi connectivity index (χ4n) is 3.64. The monoisotopic (exact) mass is 330 g/mol. The van der Waals surface area contributed by atoms with E-state index in [0.29, 0.717) is 13.0 Å². The normalized spacial score (nSPS) is 22.2. The number of hydrogen-bond donors (Lipinski definition) is 2. The molecule has 0 saturated carbocycles. The van der Waals surface area contributed by atoms with E-state index in [0.717, 1.165) is 23.1 Å². The molecule has 1 aliphatic rings. The van der Waals surface area contributed by atoms with Crippen molar-refractivity contribution in [2.24, 2.45) is 13.0 Å². The molecular weight excluding hydrogens is 304 g/mol. The highest BCUT2D eigenvalue weighted by Crippen LogP contribution is 2.28. The van der Waals surface area contributed by atoms with Crippen molar-refractivity contribution in [1.82, 2.24) is 20.0 Å². The minimum absolute atomic E-state index is 0.00808. The van der Waals surface area contributed by atoms with Crippen molar-refractivity contribution >= 4 is 16.8 Å². The van der Waals surface area contributed by atoms with Crippen molar-refractivity contribution in [2.45, 2.75) is 31.9 Å². The van der Waals surface area contributed by atoms with Crippen LogP contribution >= 0.6 is 0 Å². The van der Waals surface area contributed by atoms with Crippen LogP contribution in [0, 0.1) is 5.92 Å². The zero-order valence-electron chi connectivity index (χ0n) is 14.8. The Balaban J connectivity index is 1.76. The van der Waals surface area contributed by atoms with Gasteiger partial charge in [-0.2, -0.15) is 5.10 Å². The highest BCUT2D eigenvalue weighted by Gasteiger charge is 2.33. The summed E-state index contributed by atoms with van der Waals surface area (Å²) in [4.78, 5) is 14.6. The lowest BCUT2D eigenvalue weighted by Crippen LogP contribution is -2.43.